The number of ether oxygens (including phenoxy) is 3. The summed E-state index contributed by atoms with van der Waals surface area (Å²) in [5.41, 5.74) is 1.53. The van der Waals surface area contributed by atoms with Crippen LogP contribution in [0.1, 0.15) is 15.9 Å². The Morgan fingerprint density at radius 3 is 2.44 bits per heavy atom. The molecule has 1 heterocycles. The molecule has 0 amide bonds. The maximum absolute atomic E-state index is 11.1. The highest BCUT2D eigenvalue weighted by Crippen LogP contribution is 2.34. The SMILES string of the molecule is COc1ccc(-c2nnnn2Cc2cc(C=O)cc(OC)c2O)cc1OC. The van der Waals surface area contributed by atoms with Crippen molar-refractivity contribution in [1.29, 1.82) is 0 Å². The standard InChI is InChI=1S/C18H18N4O5/c1-25-14-5-4-12(8-15(14)26-2)18-19-20-21-22(18)9-13-6-11(10-23)7-16(27-3)17(13)24/h4-8,10,24H,9H2,1-3H3. The van der Waals surface area contributed by atoms with Crippen molar-refractivity contribution in [3.63, 3.8) is 0 Å². The molecule has 0 unspecified atom stereocenters. The van der Waals surface area contributed by atoms with Gasteiger partial charge < -0.3 is 19.3 Å². The normalized spacial score (nSPS) is 10.5. The lowest BCUT2D eigenvalue weighted by atomic mass is 10.1. The Morgan fingerprint density at radius 2 is 1.78 bits per heavy atom. The van der Waals surface area contributed by atoms with Crippen LogP contribution < -0.4 is 14.2 Å². The molecule has 9 heteroatoms. The number of hydrogen-bond acceptors (Lipinski definition) is 8. The molecule has 0 bridgehead atoms. The van der Waals surface area contributed by atoms with Gasteiger partial charge in [0.1, 0.15) is 6.29 Å². The third kappa shape index (κ3) is 3.52. The van der Waals surface area contributed by atoms with Crippen LogP contribution in [0.15, 0.2) is 30.3 Å². The molecule has 3 rings (SSSR count). The summed E-state index contributed by atoms with van der Waals surface area (Å²) in [6, 6.07) is 8.32. The molecule has 0 aliphatic carbocycles. The fourth-order valence-corrected chi connectivity index (χ4v) is 2.69. The van der Waals surface area contributed by atoms with Crippen LogP contribution >= 0.6 is 0 Å². The van der Waals surface area contributed by atoms with Gasteiger partial charge in [0.2, 0.25) is 0 Å². The maximum Gasteiger partial charge on any atom is 0.182 e. The first-order chi connectivity index (χ1) is 13.1. The minimum Gasteiger partial charge on any atom is -0.504 e. The molecule has 1 aromatic heterocycles. The number of rotatable bonds is 7. The van der Waals surface area contributed by atoms with E-state index >= 15 is 0 Å². The number of hydrogen-bond donors (Lipinski definition) is 1. The molecular formula is C18H18N4O5. The fourth-order valence-electron chi connectivity index (χ4n) is 2.69. The van der Waals surface area contributed by atoms with Gasteiger partial charge in [0.05, 0.1) is 27.9 Å². The van der Waals surface area contributed by atoms with Gasteiger partial charge in [-0.05, 0) is 40.8 Å². The summed E-state index contributed by atoms with van der Waals surface area (Å²) in [5.74, 6) is 1.72. The Balaban J connectivity index is 2.01. The van der Waals surface area contributed by atoms with E-state index in [1.165, 1.54) is 17.9 Å². The van der Waals surface area contributed by atoms with Crippen molar-refractivity contribution in [3.05, 3.63) is 41.5 Å². The molecule has 0 atom stereocenters. The number of carbonyl (C=O) groups is 1. The second kappa shape index (κ2) is 7.73. The molecule has 0 saturated heterocycles. The summed E-state index contributed by atoms with van der Waals surface area (Å²) in [7, 11) is 4.51. The molecule has 140 valence electrons. The summed E-state index contributed by atoms with van der Waals surface area (Å²) in [6.07, 6.45) is 0.681. The highest BCUT2D eigenvalue weighted by atomic mass is 16.5. The summed E-state index contributed by atoms with van der Waals surface area (Å²) in [5, 5.41) is 22.1. The zero-order valence-electron chi connectivity index (χ0n) is 15.0. The van der Waals surface area contributed by atoms with Crippen molar-refractivity contribution in [2.24, 2.45) is 0 Å². The predicted molar refractivity (Wildman–Crippen MR) is 95.5 cm³/mol. The topological polar surface area (TPSA) is 109 Å². The Morgan fingerprint density at radius 1 is 1.04 bits per heavy atom. The lowest BCUT2D eigenvalue weighted by Gasteiger charge is -2.12. The monoisotopic (exact) mass is 370 g/mol. The first-order valence-electron chi connectivity index (χ1n) is 7.94. The lowest BCUT2D eigenvalue weighted by molar-refractivity contribution is 0.112. The number of aromatic nitrogens is 4. The van der Waals surface area contributed by atoms with E-state index in [-0.39, 0.29) is 18.0 Å². The highest BCUT2D eigenvalue weighted by molar-refractivity contribution is 5.77. The van der Waals surface area contributed by atoms with Crippen LogP contribution in [-0.2, 0) is 6.54 Å². The van der Waals surface area contributed by atoms with Crippen LogP contribution in [0.25, 0.3) is 11.4 Å². The third-order valence-corrected chi connectivity index (χ3v) is 4.03. The minimum atomic E-state index is -0.0724. The molecule has 2 aromatic carbocycles. The van der Waals surface area contributed by atoms with Gasteiger partial charge in [0.15, 0.2) is 28.8 Å². The number of carbonyl (C=O) groups excluding carboxylic acids is 1. The summed E-state index contributed by atoms with van der Waals surface area (Å²) in [6.45, 7) is 0.139. The molecular weight excluding hydrogens is 352 g/mol. The first kappa shape index (κ1) is 18.2. The van der Waals surface area contributed by atoms with Crippen molar-refractivity contribution in [2.45, 2.75) is 6.54 Å². The van der Waals surface area contributed by atoms with Gasteiger partial charge in [-0.3, -0.25) is 4.79 Å². The second-order valence-corrected chi connectivity index (χ2v) is 5.58. The van der Waals surface area contributed by atoms with Crippen molar-refractivity contribution in [1.82, 2.24) is 20.2 Å². The van der Waals surface area contributed by atoms with Crippen molar-refractivity contribution in [2.75, 3.05) is 21.3 Å². The van der Waals surface area contributed by atoms with Crippen LogP contribution in [-0.4, -0.2) is 52.9 Å². The van der Waals surface area contributed by atoms with Crippen LogP contribution in [0.5, 0.6) is 23.0 Å². The number of phenols is 1. The van der Waals surface area contributed by atoms with Gasteiger partial charge in [-0.1, -0.05) is 0 Å². The number of aldehydes is 1. The van der Waals surface area contributed by atoms with E-state index in [0.29, 0.717) is 40.3 Å². The van der Waals surface area contributed by atoms with E-state index in [2.05, 4.69) is 15.5 Å². The van der Waals surface area contributed by atoms with E-state index in [0.717, 1.165) is 0 Å². The van der Waals surface area contributed by atoms with Crippen LogP contribution in [0, 0.1) is 0 Å². The molecule has 0 saturated carbocycles. The Kier molecular flexibility index (Phi) is 5.20. The summed E-state index contributed by atoms with van der Waals surface area (Å²) >= 11 is 0. The summed E-state index contributed by atoms with van der Waals surface area (Å²) in [4.78, 5) is 11.1. The third-order valence-electron chi connectivity index (χ3n) is 4.03. The minimum absolute atomic E-state index is 0.0724. The molecule has 0 aliphatic rings. The fraction of sp³-hybridized carbons (Fsp3) is 0.222. The van der Waals surface area contributed by atoms with Crippen LogP contribution in [0.3, 0.4) is 0 Å². The number of nitrogens with zero attached hydrogens (tertiary/aromatic N) is 4. The number of phenolic OH excluding ortho intramolecular Hbond substituents is 1. The van der Waals surface area contributed by atoms with Gasteiger partial charge in [0.25, 0.3) is 0 Å². The molecule has 0 spiro atoms. The average Bonchev–Trinajstić information content (AvgIpc) is 3.17. The van der Waals surface area contributed by atoms with Crippen molar-refractivity contribution in [3.8, 4) is 34.4 Å². The molecule has 0 fully saturated rings. The Labute approximate surface area is 155 Å². The summed E-state index contributed by atoms with van der Waals surface area (Å²) < 4.78 is 17.2. The first-order valence-corrected chi connectivity index (χ1v) is 7.94. The quantitative estimate of drug-likeness (QED) is 0.629. The molecule has 0 aliphatic heterocycles. The highest BCUT2D eigenvalue weighted by Gasteiger charge is 2.16. The number of aromatic hydroxyl groups is 1. The zero-order chi connectivity index (χ0) is 19.4. The smallest absolute Gasteiger partial charge is 0.182 e. The van der Waals surface area contributed by atoms with Gasteiger partial charge in [0, 0.05) is 16.7 Å². The van der Waals surface area contributed by atoms with Crippen LogP contribution in [0.4, 0.5) is 0 Å². The maximum atomic E-state index is 11.1. The van der Waals surface area contributed by atoms with Crippen molar-refractivity contribution >= 4 is 6.29 Å². The lowest BCUT2D eigenvalue weighted by Crippen LogP contribution is -2.06. The van der Waals surface area contributed by atoms with Crippen molar-refractivity contribution < 1.29 is 24.1 Å². The molecule has 0 radical (unpaired) electrons. The van der Waals surface area contributed by atoms with Gasteiger partial charge in [-0.2, -0.15) is 0 Å². The molecule has 9 nitrogen and oxygen atoms in total. The average molecular weight is 370 g/mol. The molecule has 1 N–H and O–H groups in total. The predicted octanol–water partition coefficient (Wildman–Crippen LogP) is 1.93. The van der Waals surface area contributed by atoms with E-state index < -0.39 is 0 Å². The Bertz CT molecular complexity index is 970. The van der Waals surface area contributed by atoms with Gasteiger partial charge >= 0.3 is 0 Å². The second-order valence-electron chi connectivity index (χ2n) is 5.58. The van der Waals surface area contributed by atoms with E-state index in [1.54, 1.807) is 38.5 Å². The largest absolute Gasteiger partial charge is 0.504 e. The van der Waals surface area contributed by atoms with Gasteiger partial charge in [-0.15, -0.1) is 5.10 Å². The zero-order valence-corrected chi connectivity index (χ0v) is 15.0. The van der Waals surface area contributed by atoms with E-state index in [9.17, 15) is 9.90 Å². The van der Waals surface area contributed by atoms with Crippen LogP contribution in [0.2, 0.25) is 0 Å². The molecule has 3 aromatic rings. The number of tetrazole rings is 1. The number of benzene rings is 2. The van der Waals surface area contributed by atoms with E-state index in [4.69, 9.17) is 14.2 Å². The molecule has 27 heavy (non-hydrogen) atoms. The Hall–Kier alpha value is -3.62. The van der Waals surface area contributed by atoms with E-state index in [1.807, 2.05) is 0 Å². The number of methoxy groups -OCH3 is 3. The van der Waals surface area contributed by atoms with Gasteiger partial charge in [-0.25, -0.2) is 4.68 Å².